The highest BCUT2D eigenvalue weighted by molar-refractivity contribution is 4.79. The fourth-order valence-electron chi connectivity index (χ4n) is 2.37. The van der Waals surface area contributed by atoms with Crippen molar-refractivity contribution >= 4 is 0 Å². The van der Waals surface area contributed by atoms with Crippen LogP contribution in [0.5, 0.6) is 0 Å². The Bertz CT molecular complexity index is 126. The summed E-state index contributed by atoms with van der Waals surface area (Å²) in [4.78, 5) is 2.54. The molecule has 0 saturated carbocycles. The normalized spacial score (nSPS) is 25.4. The zero-order valence-electron chi connectivity index (χ0n) is 9.34. The fraction of sp³-hybridized carbons (Fsp3) is 1.00. The first kappa shape index (κ1) is 11.0. The highest BCUT2D eigenvalue weighted by Gasteiger charge is 2.19. The first-order valence-corrected chi connectivity index (χ1v) is 5.75. The average Bonchev–Trinajstić information content (AvgIpc) is 2.59. The summed E-state index contributed by atoms with van der Waals surface area (Å²) in [6, 6.07) is 1.53. The molecule has 1 aliphatic rings. The highest BCUT2D eigenvalue weighted by atomic mass is 15.1. The largest absolute Gasteiger partial charge is 0.314 e. The van der Waals surface area contributed by atoms with Crippen molar-refractivity contribution in [2.75, 3.05) is 19.6 Å². The van der Waals surface area contributed by atoms with Crippen LogP contribution in [0.25, 0.3) is 0 Å². The van der Waals surface area contributed by atoms with E-state index in [-0.39, 0.29) is 0 Å². The molecule has 1 N–H and O–H groups in total. The van der Waals surface area contributed by atoms with Crippen LogP contribution < -0.4 is 5.32 Å². The van der Waals surface area contributed by atoms with Gasteiger partial charge in [0.1, 0.15) is 0 Å². The molecule has 0 bridgehead atoms. The van der Waals surface area contributed by atoms with Crippen LogP contribution in [-0.4, -0.2) is 36.6 Å². The third-order valence-corrected chi connectivity index (χ3v) is 3.22. The highest BCUT2D eigenvalue weighted by Crippen LogP contribution is 2.14. The Morgan fingerprint density at radius 1 is 1.38 bits per heavy atom. The van der Waals surface area contributed by atoms with E-state index < -0.39 is 0 Å². The third kappa shape index (κ3) is 3.28. The van der Waals surface area contributed by atoms with Crippen molar-refractivity contribution < 1.29 is 0 Å². The molecular formula is C11H24N2. The van der Waals surface area contributed by atoms with Crippen molar-refractivity contribution in [2.45, 2.75) is 52.1 Å². The second-order valence-electron chi connectivity index (χ2n) is 4.10. The van der Waals surface area contributed by atoms with Crippen LogP contribution in [0.4, 0.5) is 0 Å². The summed E-state index contributed by atoms with van der Waals surface area (Å²) in [6.07, 6.45) is 4.07. The molecule has 2 nitrogen and oxygen atoms in total. The number of hydrogen-bond donors (Lipinski definition) is 1. The van der Waals surface area contributed by atoms with Crippen molar-refractivity contribution in [3.63, 3.8) is 0 Å². The number of rotatable bonds is 5. The van der Waals surface area contributed by atoms with Crippen molar-refractivity contribution in [3.05, 3.63) is 0 Å². The third-order valence-electron chi connectivity index (χ3n) is 3.22. The van der Waals surface area contributed by atoms with Gasteiger partial charge in [-0.2, -0.15) is 0 Å². The van der Waals surface area contributed by atoms with Crippen molar-refractivity contribution in [1.82, 2.24) is 10.2 Å². The van der Waals surface area contributed by atoms with Gasteiger partial charge in [-0.25, -0.2) is 0 Å². The van der Waals surface area contributed by atoms with Gasteiger partial charge >= 0.3 is 0 Å². The molecule has 1 saturated heterocycles. The zero-order chi connectivity index (χ0) is 9.68. The molecule has 0 amide bonds. The predicted molar refractivity (Wildman–Crippen MR) is 58.0 cm³/mol. The molecule has 2 atom stereocenters. The summed E-state index contributed by atoms with van der Waals surface area (Å²) in [5, 5.41) is 3.56. The van der Waals surface area contributed by atoms with Gasteiger partial charge in [0.25, 0.3) is 0 Å². The Balaban J connectivity index is 2.25. The van der Waals surface area contributed by atoms with Crippen LogP contribution in [0.2, 0.25) is 0 Å². The lowest BCUT2D eigenvalue weighted by Gasteiger charge is -2.28. The second-order valence-corrected chi connectivity index (χ2v) is 4.10. The molecule has 1 aliphatic heterocycles. The molecule has 2 heteroatoms. The van der Waals surface area contributed by atoms with Gasteiger partial charge in [0.2, 0.25) is 0 Å². The van der Waals surface area contributed by atoms with E-state index in [9.17, 15) is 0 Å². The van der Waals surface area contributed by atoms with Gasteiger partial charge in [-0.15, -0.1) is 0 Å². The van der Waals surface area contributed by atoms with E-state index in [1.54, 1.807) is 0 Å². The molecule has 1 fully saturated rings. The molecule has 0 aromatic carbocycles. The van der Waals surface area contributed by atoms with Crippen molar-refractivity contribution in [2.24, 2.45) is 0 Å². The van der Waals surface area contributed by atoms with Gasteiger partial charge in [0.15, 0.2) is 0 Å². The standard InChI is InChI=1S/C11H24N2/c1-4-13(5-2)10(3)9-11-7-6-8-12-11/h10-12H,4-9H2,1-3H3. The molecular weight excluding hydrogens is 160 g/mol. The molecule has 78 valence electrons. The SMILES string of the molecule is CCN(CC)C(C)CC1CCCN1. The fourth-order valence-corrected chi connectivity index (χ4v) is 2.37. The first-order chi connectivity index (χ1) is 6.27. The van der Waals surface area contributed by atoms with Crippen LogP contribution >= 0.6 is 0 Å². The van der Waals surface area contributed by atoms with Crippen molar-refractivity contribution in [1.29, 1.82) is 0 Å². The monoisotopic (exact) mass is 184 g/mol. The van der Waals surface area contributed by atoms with Crippen molar-refractivity contribution in [3.8, 4) is 0 Å². The maximum atomic E-state index is 3.56. The Labute approximate surface area is 82.7 Å². The van der Waals surface area contributed by atoms with E-state index in [1.807, 2.05) is 0 Å². The smallest absolute Gasteiger partial charge is 0.00823 e. The number of nitrogens with one attached hydrogen (secondary N) is 1. The Morgan fingerprint density at radius 2 is 2.08 bits per heavy atom. The van der Waals surface area contributed by atoms with Crippen LogP contribution in [0.15, 0.2) is 0 Å². The molecule has 0 spiro atoms. The topological polar surface area (TPSA) is 15.3 Å². The van der Waals surface area contributed by atoms with Crippen LogP contribution in [-0.2, 0) is 0 Å². The van der Waals surface area contributed by atoms with Gasteiger partial charge in [0, 0.05) is 12.1 Å². The minimum Gasteiger partial charge on any atom is -0.314 e. The maximum absolute atomic E-state index is 3.56. The zero-order valence-corrected chi connectivity index (χ0v) is 9.34. The summed E-state index contributed by atoms with van der Waals surface area (Å²) in [7, 11) is 0. The van der Waals surface area contributed by atoms with E-state index >= 15 is 0 Å². The van der Waals surface area contributed by atoms with Crippen LogP contribution in [0.3, 0.4) is 0 Å². The summed E-state index contributed by atoms with van der Waals surface area (Å²) in [5.74, 6) is 0. The summed E-state index contributed by atoms with van der Waals surface area (Å²) < 4.78 is 0. The molecule has 2 unspecified atom stereocenters. The summed E-state index contributed by atoms with van der Waals surface area (Å²) in [6.45, 7) is 10.5. The van der Waals surface area contributed by atoms with Gasteiger partial charge in [-0.3, -0.25) is 0 Å². The minimum absolute atomic E-state index is 0.741. The van der Waals surface area contributed by atoms with E-state index in [2.05, 4.69) is 31.0 Å². The molecule has 0 aliphatic carbocycles. The number of hydrogen-bond acceptors (Lipinski definition) is 2. The first-order valence-electron chi connectivity index (χ1n) is 5.75. The maximum Gasteiger partial charge on any atom is 0.00823 e. The van der Waals surface area contributed by atoms with E-state index in [4.69, 9.17) is 0 Å². The summed E-state index contributed by atoms with van der Waals surface area (Å²) >= 11 is 0. The molecule has 1 heterocycles. The summed E-state index contributed by atoms with van der Waals surface area (Å²) in [5.41, 5.74) is 0. The molecule has 0 aromatic heterocycles. The lowest BCUT2D eigenvalue weighted by atomic mass is 10.1. The van der Waals surface area contributed by atoms with E-state index in [0.717, 1.165) is 12.1 Å². The second kappa shape index (κ2) is 5.61. The Hall–Kier alpha value is -0.0800. The number of nitrogens with zero attached hydrogens (tertiary/aromatic N) is 1. The lowest BCUT2D eigenvalue weighted by molar-refractivity contribution is 0.208. The van der Waals surface area contributed by atoms with Gasteiger partial charge in [0.05, 0.1) is 0 Å². The van der Waals surface area contributed by atoms with E-state index in [1.165, 1.54) is 38.9 Å². The van der Waals surface area contributed by atoms with Gasteiger partial charge in [-0.1, -0.05) is 13.8 Å². The molecule has 0 radical (unpaired) electrons. The molecule has 1 rings (SSSR count). The lowest BCUT2D eigenvalue weighted by Crippen LogP contribution is -2.37. The average molecular weight is 184 g/mol. The van der Waals surface area contributed by atoms with Gasteiger partial charge < -0.3 is 10.2 Å². The van der Waals surface area contributed by atoms with Crippen LogP contribution in [0, 0.1) is 0 Å². The Morgan fingerprint density at radius 3 is 2.54 bits per heavy atom. The van der Waals surface area contributed by atoms with E-state index in [0.29, 0.717) is 0 Å². The van der Waals surface area contributed by atoms with Gasteiger partial charge in [-0.05, 0) is 45.8 Å². The predicted octanol–water partition coefficient (Wildman–Crippen LogP) is 1.86. The quantitative estimate of drug-likeness (QED) is 0.701. The molecule has 13 heavy (non-hydrogen) atoms. The minimum atomic E-state index is 0.741. The Kier molecular flexibility index (Phi) is 4.74. The van der Waals surface area contributed by atoms with Crippen LogP contribution in [0.1, 0.15) is 40.0 Å². The molecule has 0 aromatic rings.